The number of ether oxygens (including phenoxy) is 1. The molecule has 0 aromatic heterocycles. The van der Waals surface area contributed by atoms with Crippen LogP contribution in [0.15, 0.2) is 0 Å². The van der Waals surface area contributed by atoms with Crippen molar-refractivity contribution in [2.45, 2.75) is 68.2 Å². The van der Waals surface area contributed by atoms with Crippen LogP contribution in [0.2, 0.25) is 0 Å². The van der Waals surface area contributed by atoms with Crippen LogP contribution in [-0.2, 0) is 4.74 Å². The summed E-state index contributed by atoms with van der Waals surface area (Å²) in [6, 6.07) is 0. The van der Waals surface area contributed by atoms with E-state index in [4.69, 9.17) is 4.74 Å². The third-order valence-corrected chi connectivity index (χ3v) is 1.81. The van der Waals surface area contributed by atoms with Gasteiger partial charge < -0.3 is 28.6 Å². The first-order valence-electron chi connectivity index (χ1n) is 6.67. The second kappa shape index (κ2) is 90.7. The number of hydrogen-bond acceptors (Lipinski definition) is 1. The van der Waals surface area contributed by atoms with Gasteiger partial charge in [0.2, 0.25) is 0 Å². The molecule has 0 saturated heterocycles. The molecule has 21 heavy (non-hydrogen) atoms. The minimum atomic E-state index is 0. The zero-order chi connectivity index (χ0) is 13.7. The molecule has 0 aliphatic carbocycles. The molecule has 0 radical (unpaired) electrons. The topological polar surface area (TPSA) is 9.23 Å². The molecule has 0 spiro atoms. The van der Waals surface area contributed by atoms with Crippen molar-refractivity contribution in [2.75, 3.05) is 18.5 Å². The maximum atomic E-state index is 4.83. The Morgan fingerprint density at radius 2 is 1.19 bits per heavy atom. The molecule has 0 rings (SSSR count). The number of unbranched alkanes of at least 4 members (excludes halogenated alkanes) is 2. The molecule has 0 heterocycles. The van der Waals surface area contributed by atoms with Crippen LogP contribution < -0.4 is 54.7 Å². The van der Waals surface area contributed by atoms with Gasteiger partial charge in [0.15, 0.2) is 0 Å². The van der Waals surface area contributed by atoms with Crippen molar-refractivity contribution < 1.29 is 59.4 Å². The Balaban J connectivity index is -0.0000000125. The van der Waals surface area contributed by atoms with E-state index in [1.54, 1.807) is 0 Å². The zero-order valence-corrected chi connectivity index (χ0v) is 18.0. The van der Waals surface area contributed by atoms with E-state index in [1.807, 2.05) is 44.6 Å². The molecule has 0 aromatic rings. The van der Waals surface area contributed by atoms with Gasteiger partial charge in [0, 0.05) is 18.5 Å². The normalized spacial score (nSPS) is 5.81. The third-order valence-electron chi connectivity index (χ3n) is 1.25. The molecular formula is C14H36Br2Li4O. The number of alkyl halides is 1. The molecular weight excluding hydrogens is 372 g/mol. The van der Waals surface area contributed by atoms with Crippen molar-refractivity contribution >= 4 is 46.7 Å². The summed E-state index contributed by atoms with van der Waals surface area (Å²) >= 11 is 7.31. The van der Waals surface area contributed by atoms with E-state index in [1.165, 1.54) is 19.3 Å². The van der Waals surface area contributed by atoms with Crippen molar-refractivity contribution in [3.8, 4) is 0 Å². The Bertz CT molecular complexity index is 64.9. The van der Waals surface area contributed by atoms with Gasteiger partial charge in [0.05, 0.1) is 0 Å². The maximum absolute atomic E-state index is 4.83. The zero-order valence-electron chi connectivity index (χ0n) is 14.8. The van der Waals surface area contributed by atoms with E-state index in [0.717, 1.165) is 25.0 Å². The average molecular weight is 408 g/mol. The van der Waals surface area contributed by atoms with Crippen LogP contribution in [0.1, 0.15) is 68.2 Å². The van der Waals surface area contributed by atoms with Crippen molar-refractivity contribution in [3.05, 3.63) is 6.92 Å². The quantitative estimate of drug-likeness (QED) is 0.260. The Kier molecular flexibility index (Phi) is 243. The molecule has 0 atom stereocenters. The fraction of sp³-hybridized carbons (Fsp3) is 0.929. The Labute approximate surface area is 197 Å². The van der Waals surface area contributed by atoms with E-state index < -0.39 is 0 Å². The van der Waals surface area contributed by atoms with Gasteiger partial charge in [0.1, 0.15) is 0 Å². The van der Waals surface area contributed by atoms with Gasteiger partial charge in [-0.2, -0.15) is 6.42 Å². The van der Waals surface area contributed by atoms with Gasteiger partial charge in [-0.15, -0.1) is 0 Å². The van der Waals surface area contributed by atoms with E-state index in [0.29, 0.717) is 0 Å². The molecule has 7 heteroatoms. The molecule has 116 valence electrons. The van der Waals surface area contributed by atoms with Gasteiger partial charge >= 0.3 is 68.5 Å². The van der Waals surface area contributed by atoms with E-state index in [-0.39, 0.29) is 69.6 Å². The summed E-state index contributed by atoms with van der Waals surface area (Å²) in [6.07, 6.45) is 4.88. The van der Waals surface area contributed by atoms with Crippen molar-refractivity contribution in [3.63, 3.8) is 0 Å². The standard InChI is InChI=1S/C4H9Br.C4H10O.C4H9.2CH4.BrH.4Li/c1-2-3-4-5;1-3-5-4-2;1-3-4-2;;;;;;;/h2-4H2,1H3;3-4H2,1-2H3;1,3-4H2,2H3;2*1H4;1H;;;;/q;;-1;;;;;;2*+1/p-1. The molecule has 0 saturated carbocycles. The summed E-state index contributed by atoms with van der Waals surface area (Å²) in [7, 11) is 0. The summed E-state index contributed by atoms with van der Waals surface area (Å²) < 4.78 is 4.83. The van der Waals surface area contributed by atoms with E-state index >= 15 is 0 Å². The number of halogens is 2. The minimum absolute atomic E-state index is 0. The second-order valence-corrected chi connectivity index (χ2v) is 3.47. The van der Waals surface area contributed by atoms with Gasteiger partial charge in [0.25, 0.3) is 0 Å². The molecule has 0 aromatic carbocycles. The number of rotatable bonds is 5. The van der Waals surface area contributed by atoms with E-state index in [9.17, 15) is 0 Å². The van der Waals surface area contributed by atoms with Crippen LogP contribution in [0.4, 0.5) is 0 Å². The summed E-state index contributed by atoms with van der Waals surface area (Å²) in [5.74, 6) is 0. The Morgan fingerprint density at radius 1 is 0.905 bits per heavy atom. The Morgan fingerprint density at radius 3 is 1.19 bits per heavy atom. The predicted octanol–water partition coefficient (Wildman–Crippen LogP) is -3.63. The molecule has 0 amide bonds. The van der Waals surface area contributed by atoms with Crippen LogP contribution in [0, 0.1) is 6.92 Å². The summed E-state index contributed by atoms with van der Waals surface area (Å²) in [6.45, 7) is 13.6. The first-order valence-corrected chi connectivity index (χ1v) is 7.79. The number of hydrogen-bond donors (Lipinski definition) is 0. The fourth-order valence-electron chi connectivity index (χ4n) is 0.338. The van der Waals surface area contributed by atoms with Gasteiger partial charge in [-0.3, -0.25) is 0 Å². The first-order chi connectivity index (χ1) is 7.74. The molecule has 0 N–H and O–H groups in total. The molecule has 0 fully saturated rings. The van der Waals surface area contributed by atoms with Gasteiger partial charge in [-0.05, 0) is 20.3 Å². The molecule has 0 bridgehead atoms. The summed E-state index contributed by atoms with van der Waals surface area (Å²) in [5.41, 5.74) is 0. The van der Waals surface area contributed by atoms with Crippen LogP contribution in [0.5, 0.6) is 0 Å². The van der Waals surface area contributed by atoms with Crippen molar-refractivity contribution in [1.82, 2.24) is 0 Å². The van der Waals surface area contributed by atoms with Crippen molar-refractivity contribution in [1.29, 1.82) is 0 Å². The summed E-state index contributed by atoms with van der Waals surface area (Å²) in [5, 5.41) is 1.16. The van der Waals surface area contributed by atoms with Crippen LogP contribution in [-0.4, -0.2) is 49.3 Å². The SMILES string of the molecule is C.C.CCCCBr.CCOCC.[Br-].[CH2-]CCC.[Li+].[Li+].[Li][Li]. The van der Waals surface area contributed by atoms with Crippen LogP contribution >= 0.6 is 15.9 Å². The average Bonchev–Trinajstić information content (AvgIpc) is 2.35. The monoisotopic (exact) mass is 406 g/mol. The first kappa shape index (κ1) is 56.4. The second-order valence-electron chi connectivity index (χ2n) is 2.68. The van der Waals surface area contributed by atoms with E-state index in [2.05, 4.69) is 36.7 Å². The Hall–Kier alpha value is 3.31. The molecule has 0 aliphatic heterocycles. The molecule has 0 aliphatic rings. The fourth-order valence-corrected chi connectivity index (χ4v) is 0.898. The molecule has 0 unspecified atom stereocenters. The molecule has 1 nitrogen and oxygen atoms in total. The predicted molar refractivity (Wildman–Crippen MR) is 96.1 cm³/mol. The van der Waals surface area contributed by atoms with Gasteiger partial charge in [-0.1, -0.05) is 57.5 Å². The van der Waals surface area contributed by atoms with Crippen LogP contribution in [0.25, 0.3) is 0 Å². The summed E-state index contributed by atoms with van der Waals surface area (Å²) in [4.78, 5) is 0. The third kappa shape index (κ3) is 153. The van der Waals surface area contributed by atoms with Gasteiger partial charge in [-0.25, -0.2) is 0 Å². The van der Waals surface area contributed by atoms with Crippen molar-refractivity contribution in [2.24, 2.45) is 0 Å². The van der Waals surface area contributed by atoms with Crippen LogP contribution in [0.3, 0.4) is 0 Å².